The monoisotopic (exact) mass is 237 g/mol. The van der Waals surface area contributed by atoms with Crippen molar-refractivity contribution in [2.45, 2.75) is 57.3 Å². The molecule has 1 fully saturated rings. The van der Waals surface area contributed by atoms with Crippen molar-refractivity contribution in [3.05, 3.63) is 17.8 Å². The second-order valence-electron chi connectivity index (χ2n) is 4.75. The summed E-state index contributed by atoms with van der Waals surface area (Å²) in [7, 11) is 0. The zero-order valence-electron chi connectivity index (χ0n) is 10.0. The van der Waals surface area contributed by atoms with Gasteiger partial charge in [-0.05, 0) is 19.3 Å². The number of nitrogens with zero attached hydrogens (tertiary/aromatic N) is 1. The Kier molecular flexibility index (Phi) is 4.18. The van der Waals surface area contributed by atoms with Crippen molar-refractivity contribution in [2.24, 2.45) is 0 Å². The highest BCUT2D eigenvalue weighted by Gasteiger charge is 2.18. The fraction of sp³-hybridized carbons (Fsp3) is 0.692. The maximum Gasteiger partial charge on any atom is 0.303 e. The van der Waals surface area contributed by atoms with Gasteiger partial charge >= 0.3 is 5.97 Å². The van der Waals surface area contributed by atoms with E-state index in [9.17, 15) is 4.79 Å². The molecule has 1 N–H and O–H groups in total. The molecule has 94 valence electrons. The topological polar surface area (TPSA) is 63.3 Å². The van der Waals surface area contributed by atoms with E-state index < -0.39 is 5.97 Å². The first-order valence-electron chi connectivity index (χ1n) is 6.42. The van der Waals surface area contributed by atoms with Crippen LogP contribution in [-0.4, -0.2) is 16.1 Å². The summed E-state index contributed by atoms with van der Waals surface area (Å²) in [5, 5.41) is 8.55. The van der Waals surface area contributed by atoms with Crippen molar-refractivity contribution in [2.75, 3.05) is 0 Å². The van der Waals surface area contributed by atoms with E-state index in [1.807, 2.05) is 0 Å². The van der Waals surface area contributed by atoms with Crippen molar-refractivity contribution in [1.29, 1.82) is 0 Å². The number of aromatic nitrogens is 1. The van der Waals surface area contributed by atoms with Gasteiger partial charge in [-0.1, -0.05) is 19.3 Å². The molecule has 0 amide bonds. The predicted molar refractivity (Wildman–Crippen MR) is 62.9 cm³/mol. The van der Waals surface area contributed by atoms with E-state index in [0.717, 1.165) is 5.69 Å². The lowest BCUT2D eigenvalue weighted by molar-refractivity contribution is -0.137. The average molecular weight is 237 g/mol. The number of aryl methyl sites for hydroxylation is 1. The van der Waals surface area contributed by atoms with Crippen LogP contribution in [0.3, 0.4) is 0 Å². The molecule has 17 heavy (non-hydrogen) atoms. The standard InChI is InChI=1S/C13H19NO3/c15-13(16)8-4-7-12-14-11(9-17-12)10-5-2-1-3-6-10/h9-10H,1-8H2,(H,15,16). The van der Waals surface area contributed by atoms with E-state index in [4.69, 9.17) is 9.52 Å². The molecule has 0 unspecified atom stereocenters. The van der Waals surface area contributed by atoms with Crippen LogP contribution >= 0.6 is 0 Å². The Bertz CT molecular complexity index is 366. The number of hydrogen-bond acceptors (Lipinski definition) is 3. The Morgan fingerprint density at radius 2 is 2.18 bits per heavy atom. The molecule has 2 rings (SSSR count). The van der Waals surface area contributed by atoms with Crippen LogP contribution in [0, 0.1) is 0 Å². The van der Waals surface area contributed by atoms with E-state index in [-0.39, 0.29) is 6.42 Å². The first-order valence-corrected chi connectivity index (χ1v) is 6.42. The normalized spacial score (nSPS) is 17.2. The van der Waals surface area contributed by atoms with Crippen LogP contribution in [-0.2, 0) is 11.2 Å². The van der Waals surface area contributed by atoms with Gasteiger partial charge in [-0.3, -0.25) is 4.79 Å². The average Bonchev–Trinajstić information content (AvgIpc) is 2.78. The second kappa shape index (κ2) is 5.84. The first kappa shape index (κ1) is 12.1. The van der Waals surface area contributed by atoms with Gasteiger partial charge in [0.15, 0.2) is 5.89 Å². The Balaban J connectivity index is 1.84. The number of carbonyl (C=O) groups is 1. The van der Waals surface area contributed by atoms with Gasteiger partial charge in [-0.2, -0.15) is 0 Å². The van der Waals surface area contributed by atoms with Crippen molar-refractivity contribution >= 4 is 5.97 Å². The molecule has 1 aliphatic rings. The molecule has 1 aromatic heterocycles. The summed E-state index contributed by atoms with van der Waals surface area (Å²) in [4.78, 5) is 14.9. The van der Waals surface area contributed by atoms with Crippen molar-refractivity contribution < 1.29 is 14.3 Å². The van der Waals surface area contributed by atoms with Gasteiger partial charge in [0.05, 0.1) is 5.69 Å². The molecule has 0 aliphatic heterocycles. The fourth-order valence-corrected chi connectivity index (χ4v) is 2.42. The molecule has 0 aromatic carbocycles. The van der Waals surface area contributed by atoms with E-state index in [1.54, 1.807) is 6.26 Å². The first-order chi connectivity index (χ1) is 8.25. The third kappa shape index (κ3) is 3.58. The lowest BCUT2D eigenvalue weighted by Gasteiger charge is -2.18. The SMILES string of the molecule is O=C(O)CCCc1nc(C2CCCCC2)co1. The number of carboxylic acids is 1. The van der Waals surface area contributed by atoms with E-state index in [2.05, 4.69) is 4.98 Å². The van der Waals surface area contributed by atoms with Gasteiger partial charge in [0, 0.05) is 18.8 Å². The zero-order valence-corrected chi connectivity index (χ0v) is 10.0. The van der Waals surface area contributed by atoms with E-state index >= 15 is 0 Å². The summed E-state index contributed by atoms with van der Waals surface area (Å²) in [6.07, 6.45) is 9.48. The molecule has 0 spiro atoms. The summed E-state index contributed by atoms with van der Waals surface area (Å²) in [6.45, 7) is 0. The Morgan fingerprint density at radius 1 is 1.41 bits per heavy atom. The molecule has 4 heteroatoms. The quantitative estimate of drug-likeness (QED) is 0.854. The van der Waals surface area contributed by atoms with Gasteiger partial charge in [-0.25, -0.2) is 4.98 Å². The van der Waals surface area contributed by atoms with Gasteiger partial charge < -0.3 is 9.52 Å². The minimum atomic E-state index is -0.760. The molecular weight excluding hydrogens is 218 g/mol. The number of carboxylic acid groups (broad SMARTS) is 1. The molecule has 4 nitrogen and oxygen atoms in total. The molecule has 0 atom stereocenters. The predicted octanol–water partition coefficient (Wildman–Crippen LogP) is 3.13. The number of aliphatic carboxylic acids is 1. The van der Waals surface area contributed by atoms with Gasteiger partial charge in [0.25, 0.3) is 0 Å². The number of oxazole rings is 1. The van der Waals surface area contributed by atoms with Gasteiger partial charge in [0.2, 0.25) is 0 Å². The Hall–Kier alpha value is -1.32. The van der Waals surface area contributed by atoms with E-state index in [1.165, 1.54) is 32.1 Å². The lowest BCUT2D eigenvalue weighted by Crippen LogP contribution is -2.05. The second-order valence-corrected chi connectivity index (χ2v) is 4.75. The highest BCUT2D eigenvalue weighted by Crippen LogP contribution is 2.32. The van der Waals surface area contributed by atoms with Crippen LogP contribution in [0.1, 0.15) is 62.4 Å². The number of hydrogen-bond donors (Lipinski definition) is 1. The molecule has 1 aromatic rings. The summed E-state index contributed by atoms with van der Waals surface area (Å²) in [6, 6.07) is 0. The maximum atomic E-state index is 10.4. The minimum absolute atomic E-state index is 0.182. The van der Waals surface area contributed by atoms with E-state index in [0.29, 0.717) is 24.7 Å². The van der Waals surface area contributed by atoms with Crippen molar-refractivity contribution in [1.82, 2.24) is 4.98 Å². The molecule has 1 aliphatic carbocycles. The molecular formula is C13H19NO3. The molecule has 1 saturated carbocycles. The molecule has 0 bridgehead atoms. The summed E-state index contributed by atoms with van der Waals surface area (Å²) in [5.41, 5.74) is 1.06. The number of rotatable bonds is 5. The van der Waals surface area contributed by atoms with Crippen LogP contribution < -0.4 is 0 Å². The van der Waals surface area contributed by atoms with Crippen LogP contribution in [0.15, 0.2) is 10.7 Å². The molecule has 0 radical (unpaired) electrons. The van der Waals surface area contributed by atoms with Crippen molar-refractivity contribution in [3.63, 3.8) is 0 Å². The third-order valence-corrected chi connectivity index (χ3v) is 3.37. The van der Waals surface area contributed by atoms with Crippen molar-refractivity contribution in [3.8, 4) is 0 Å². The summed E-state index contributed by atoms with van der Waals surface area (Å²) < 4.78 is 5.40. The highest BCUT2D eigenvalue weighted by atomic mass is 16.4. The summed E-state index contributed by atoms with van der Waals surface area (Å²) in [5.74, 6) is 0.483. The molecule has 0 saturated heterocycles. The van der Waals surface area contributed by atoms with Gasteiger partial charge in [0.1, 0.15) is 6.26 Å². The molecule has 1 heterocycles. The van der Waals surface area contributed by atoms with Crippen LogP contribution in [0.4, 0.5) is 0 Å². The fourth-order valence-electron chi connectivity index (χ4n) is 2.42. The van der Waals surface area contributed by atoms with Crippen LogP contribution in [0.2, 0.25) is 0 Å². The van der Waals surface area contributed by atoms with Crippen LogP contribution in [0.5, 0.6) is 0 Å². The Labute approximate surface area is 101 Å². The third-order valence-electron chi connectivity index (χ3n) is 3.37. The van der Waals surface area contributed by atoms with Gasteiger partial charge in [-0.15, -0.1) is 0 Å². The summed E-state index contributed by atoms with van der Waals surface area (Å²) >= 11 is 0. The highest BCUT2D eigenvalue weighted by molar-refractivity contribution is 5.66. The minimum Gasteiger partial charge on any atom is -0.481 e. The lowest BCUT2D eigenvalue weighted by atomic mass is 9.87. The smallest absolute Gasteiger partial charge is 0.303 e. The largest absolute Gasteiger partial charge is 0.481 e. The van der Waals surface area contributed by atoms with Crippen LogP contribution in [0.25, 0.3) is 0 Å². The zero-order chi connectivity index (χ0) is 12.1. The maximum absolute atomic E-state index is 10.4. The Morgan fingerprint density at radius 3 is 2.88 bits per heavy atom.